The standard InChI is InChI=1S/C5H8ClN2.BF4/c1-7-3-4-8(2)5(7)6;2-1(3,4)5/h3-4H,1-2H3;/q+1;-1. The summed E-state index contributed by atoms with van der Waals surface area (Å²) in [6.07, 6.45) is 3.81. The van der Waals surface area contributed by atoms with Gasteiger partial charge in [-0.25, -0.2) is 9.13 Å². The minimum Gasteiger partial charge on any atom is -0.418 e. The number of halogens is 5. The lowest BCUT2D eigenvalue weighted by atomic mass is 10.3. The van der Waals surface area contributed by atoms with E-state index in [9.17, 15) is 17.3 Å². The van der Waals surface area contributed by atoms with Gasteiger partial charge in [0.2, 0.25) is 0 Å². The summed E-state index contributed by atoms with van der Waals surface area (Å²) in [5.74, 6) is 0. The lowest BCUT2D eigenvalue weighted by Crippen LogP contribution is -2.26. The molecule has 0 N–H and O–H groups in total. The van der Waals surface area contributed by atoms with Crippen LogP contribution in [0.4, 0.5) is 17.3 Å². The number of imidazole rings is 1. The summed E-state index contributed by atoms with van der Waals surface area (Å²) in [5.41, 5.74) is 0. The van der Waals surface area contributed by atoms with Crippen molar-refractivity contribution in [2.75, 3.05) is 0 Å². The van der Waals surface area contributed by atoms with Gasteiger partial charge in [-0.3, -0.25) is 0 Å². The zero-order valence-corrected chi connectivity index (χ0v) is 7.77. The van der Waals surface area contributed by atoms with Crippen LogP contribution in [0.25, 0.3) is 0 Å². The van der Waals surface area contributed by atoms with E-state index in [4.69, 9.17) is 11.6 Å². The molecule has 0 aliphatic carbocycles. The fourth-order valence-electron chi connectivity index (χ4n) is 0.572. The molecule has 1 heterocycles. The maximum Gasteiger partial charge on any atom is 0.673 e. The van der Waals surface area contributed by atoms with Gasteiger partial charge in [0.15, 0.2) is 0 Å². The highest BCUT2D eigenvalue weighted by molar-refractivity contribution is 6.50. The van der Waals surface area contributed by atoms with Crippen LogP contribution in [-0.4, -0.2) is 11.8 Å². The summed E-state index contributed by atoms with van der Waals surface area (Å²) in [6.45, 7) is 0. The molecule has 0 saturated carbocycles. The Morgan fingerprint density at radius 3 is 1.85 bits per heavy atom. The molecule has 0 fully saturated rings. The summed E-state index contributed by atoms with van der Waals surface area (Å²) in [5, 5.41) is 0.741. The Labute approximate surface area is 77.8 Å². The molecule has 13 heavy (non-hydrogen) atoms. The molecule has 8 heteroatoms. The monoisotopic (exact) mass is 218 g/mol. The predicted octanol–water partition coefficient (Wildman–Crippen LogP) is 1.80. The zero-order chi connectivity index (χ0) is 10.6. The van der Waals surface area contributed by atoms with Crippen molar-refractivity contribution < 1.29 is 21.8 Å². The normalized spacial score (nSPS) is 10.7. The van der Waals surface area contributed by atoms with Crippen LogP contribution in [0.15, 0.2) is 12.4 Å². The summed E-state index contributed by atoms with van der Waals surface area (Å²) < 4.78 is 42.7. The SMILES string of the molecule is Cn1cc[n+](C)c1Cl.F[B-](F)(F)F. The van der Waals surface area contributed by atoms with Crippen LogP contribution in [0.2, 0.25) is 5.28 Å². The highest BCUT2D eigenvalue weighted by atomic mass is 35.5. The maximum absolute atomic E-state index is 9.75. The second-order valence-electron chi connectivity index (χ2n) is 2.28. The molecule has 0 unspecified atom stereocenters. The van der Waals surface area contributed by atoms with Crippen molar-refractivity contribution in [1.29, 1.82) is 0 Å². The molecule has 1 aromatic rings. The summed E-state index contributed by atoms with van der Waals surface area (Å²) in [6, 6.07) is 0. The molecule has 1 rings (SSSR count). The van der Waals surface area contributed by atoms with Crippen LogP contribution in [0, 0.1) is 0 Å². The van der Waals surface area contributed by atoms with E-state index in [0.29, 0.717) is 0 Å². The second kappa shape index (κ2) is 4.50. The summed E-state index contributed by atoms with van der Waals surface area (Å²) in [7, 11) is -2.19. The van der Waals surface area contributed by atoms with Gasteiger partial charge in [0.1, 0.15) is 12.4 Å². The molecule has 0 saturated heterocycles. The minimum absolute atomic E-state index is 0.741. The van der Waals surface area contributed by atoms with Crippen LogP contribution < -0.4 is 4.57 Å². The maximum atomic E-state index is 9.75. The Kier molecular flexibility index (Phi) is 4.25. The average molecular weight is 218 g/mol. The van der Waals surface area contributed by atoms with Crippen LogP contribution in [-0.2, 0) is 14.1 Å². The lowest BCUT2D eigenvalue weighted by Gasteiger charge is -1.94. The van der Waals surface area contributed by atoms with Crippen molar-refractivity contribution in [3.63, 3.8) is 0 Å². The highest BCUT2D eigenvalue weighted by Crippen LogP contribution is 2.06. The Morgan fingerprint density at radius 2 is 1.77 bits per heavy atom. The van der Waals surface area contributed by atoms with Gasteiger partial charge in [0.25, 0.3) is 0 Å². The molecular formula is C5H8BClF4N2. The Hall–Kier alpha value is -0.715. The molecule has 76 valence electrons. The van der Waals surface area contributed by atoms with Gasteiger partial charge in [-0.1, -0.05) is 0 Å². The topological polar surface area (TPSA) is 8.81 Å². The first kappa shape index (κ1) is 12.3. The largest absolute Gasteiger partial charge is 0.673 e. The van der Waals surface area contributed by atoms with E-state index >= 15 is 0 Å². The first-order valence-electron chi connectivity index (χ1n) is 3.25. The van der Waals surface area contributed by atoms with Gasteiger partial charge in [-0.05, 0) is 0 Å². The number of rotatable bonds is 0. The molecule has 1 aromatic heterocycles. The second-order valence-corrected chi connectivity index (χ2v) is 2.62. The van der Waals surface area contributed by atoms with Crippen molar-refractivity contribution in [3.05, 3.63) is 17.7 Å². The van der Waals surface area contributed by atoms with Crippen molar-refractivity contribution in [2.45, 2.75) is 0 Å². The number of aromatic nitrogens is 2. The van der Waals surface area contributed by atoms with E-state index in [0.717, 1.165) is 5.28 Å². The summed E-state index contributed by atoms with van der Waals surface area (Å²) in [4.78, 5) is 0. The van der Waals surface area contributed by atoms with E-state index < -0.39 is 7.25 Å². The van der Waals surface area contributed by atoms with E-state index in [1.54, 1.807) is 0 Å². The van der Waals surface area contributed by atoms with Gasteiger partial charge in [-0.15, -0.1) is 0 Å². The third-order valence-electron chi connectivity index (χ3n) is 1.10. The number of hydrogen-bond acceptors (Lipinski definition) is 0. The third-order valence-corrected chi connectivity index (χ3v) is 1.63. The van der Waals surface area contributed by atoms with E-state index in [2.05, 4.69) is 0 Å². The van der Waals surface area contributed by atoms with E-state index in [1.165, 1.54) is 0 Å². The minimum atomic E-state index is -6.00. The number of hydrogen-bond donors (Lipinski definition) is 0. The van der Waals surface area contributed by atoms with Crippen LogP contribution in [0.1, 0.15) is 0 Å². The summed E-state index contributed by atoms with van der Waals surface area (Å²) >= 11 is 5.72. The highest BCUT2D eigenvalue weighted by Gasteiger charge is 2.20. The lowest BCUT2D eigenvalue weighted by molar-refractivity contribution is -0.668. The Bertz CT molecular complexity index is 246. The van der Waals surface area contributed by atoms with Crippen molar-refractivity contribution in [1.82, 2.24) is 4.57 Å². The Balaban J connectivity index is 0.000000252. The molecular weight excluding hydrogens is 210 g/mol. The van der Waals surface area contributed by atoms with Crippen LogP contribution in [0.3, 0.4) is 0 Å². The fourth-order valence-corrected chi connectivity index (χ4v) is 0.685. The van der Waals surface area contributed by atoms with Crippen LogP contribution in [0.5, 0.6) is 0 Å². The fraction of sp³-hybridized carbons (Fsp3) is 0.400. The number of nitrogens with zero attached hydrogens (tertiary/aromatic N) is 2. The van der Waals surface area contributed by atoms with Gasteiger partial charge in [-0.2, -0.15) is 0 Å². The smallest absolute Gasteiger partial charge is 0.418 e. The first-order chi connectivity index (χ1) is 5.72. The van der Waals surface area contributed by atoms with Gasteiger partial charge < -0.3 is 17.3 Å². The predicted molar refractivity (Wildman–Crippen MR) is 41.8 cm³/mol. The van der Waals surface area contributed by atoms with Gasteiger partial charge in [0.05, 0.1) is 14.1 Å². The molecule has 0 aromatic carbocycles. The molecule has 2 nitrogen and oxygen atoms in total. The molecule has 0 amide bonds. The van der Waals surface area contributed by atoms with Crippen LogP contribution >= 0.6 is 11.6 Å². The van der Waals surface area contributed by atoms with Crippen molar-refractivity contribution in [2.24, 2.45) is 14.1 Å². The van der Waals surface area contributed by atoms with E-state index in [-0.39, 0.29) is 0 Å². The molecule has 0 bridgehead atoms. The van der Waals surface area contributed by atoms with Crippen molar-refractivity contribution >= 4 is 18.9 Å². The Morgan fingerprint density at radius 1 is 1.38 bits per heavy atom. The molecule has 0 atom stereocenters. The molecule has 0 aliphatic rings. The zero-order valence-electron chi connectivity index (χ0n) is 7.02. The molecule has 0 spiro atoms. The van der Waals surface area contributed by atoms with Gasteiger partial charge >= 0.3 is 12.5 Å². The quantitative estimate of drug-likeness (QED) is 0.357. The van der Waals surface area contributed by atoms with Crippen molar-refractivity contribution in [3.8, 4) is 0 Å². The molecule has 0 aliphatic heterocycles. The van der Waals surface area contributed by atoms with Gasteiger partial charge in [0, 0.05) is 11.6 Å². The molecule has 0 radical (unpaired) electrons. The average Bonchev–Trinajstić information content (AvgIpc) is 2.16. The first-order valence-corrected chi connectivity index (χ1v) is 3.63. The third kappa shape index (κ3) is 6.45. The van der Waals surface area contributed by atoms with E-state index in [1.807, 2.05) is 35.6 Å². The number of aryl methyl sites for hydroxylation is 2.